The number of aromatic amines is 1. The van der Waals surface area contributed by atoms with E-state index in [1.54, 1.807) is 0 Å². The summed E-state index contributed by atoms with van der Waals surface area (Å²) in [6.45, 7) is 3.70. The van der Waals surface area contributed by atoms with Gasteiger partial charge in [-0.15, -0.1) is 0 Å². The average molecular weight is 333 g/mol. The lowest BCUT2D eigenvalue weighted by molar-refractivity contribution is 0.113. The number of fused-ring (bicyclic) bond motifs is 3. The molecule has 4 heterocycles. The summed E-state index contributed by atoms with van der Waals surface area (Å²) in [5.41, 5.74) is 3.37. The molecule has 2 aromatic heterocycles. The topological polar surface area (TPSA) is 56.8 Å². The van der Waals surface area contributed by atoms with E-state index in [0.29, 0.717) is 6.04 Å². The van der Waals surface area contributed by atoms with Crippen LogP contribution >= 0.6 is 0 Å². The molecule has 0 saturated carbocycles. The second-order valence-electron chi connectivity index (χ2n) is 7.28. The van der Waals surface area contributed by atoms with E-state index in [4.69, 9.17) is 0 Å². The van der Waals surface area contributed by atoms with E-state index in [1.807, 2.05) is 18.6 Å². The van der Waals surface area contributed by atoms with Gasteiger partial charge in [-0.1, -0.05) is 12.1 Å². The molecule has 0 aliphatic carbocycles. The van der Waals surface area contributed by atoms with Crippen LogP contribution in [0.4, 0.5) is 5.95 Å². The molecule has 128 valence electrons. The number of nitrogens with zero attached hydrogens (tertiary/aromatic N) is 3. The van der Waals surface area contributed by atoms with E-state index in [2.05, 4.69) is 49.4 Å². The molecule has 2 aliphatic heterocycles. The van der Waals surface area contributed by atoms with Gasteiger partial charge in [-0.05, 0) is 49.4 Å². The number of aromatic nitrogens is 3. The highest BCUT2D eigenvalue weighted by Crippen LogP contribution is 2.29. The molecule has 0 amide bonds. The first kappa shape index (κ1) is 14.9. The molecule has 5 nitrogen and oxygen atoms in total. The fourth-order valence-corrected chi connectivity index (χ4v) is 4.41. The lowest BCUT2D eigenvalue weighted by Gasteiger charge is -2.42. The molecule has 0 radical (unpaired) electrons. The minimum Gasteiger partial charge on any atom is -0.361 e. The maximum atomic E-state index is 4.60. The predicted octanol–water partition coefficient (Wildman–Crippen LogP) is 3.52. The van der Waals surface area contributed by atoms with E-state index >= 15 is 0 Å². The molecule has 1 unspecified atom stereocenters. The van der Waals surface area contributed by atoms with Gasteiger partial charge in [0.1, 0.15) is 0 Å². The van der Waals surface area contributed by atoms with Gasteiger partial charge in [-0.2, -0.15) is 0 Å². The van der Waals surface area contributed by atoms with Crippen molar-refractivity contribution in [3.05, 3.63) is 42.9 Å². The van der Waals surface area contributed by atoms with Crippen LogP contribution in [0.3, 0.4) is 0 Å². The van der Waals surface area contributed by atoms with Gasteiger partial charge < -0.3 is 15.2 Å². The number of anilines is 1. The van der Waals surface area contributed by atoms with E-state index < -0.39 is 0 Å². The molecule has 2 fully saturated rings. The number of benzene rings is 1. The van der Waals surface area contributed by atoms with Crippen LogP contribution in [0.15, 0.2) is 42.9 Å². The highest BCUT2D eigenvalue weighted by molar-refractivity contribution is 5.94. The largest absolute Gasteiger partial charge is 0.361 e. The van der Waals surface area contributed by atoms with E-state index in [9.17, 15) is 0 Å². The van der Waals surface area contributed by atoms with E-state index in [-0.39, 0.29) is 0 Å². The van der Waals surface area contributed by atoms with Crippen LogP contribution in [0.5, 0.6) is 0 Å². The summed E-state index contributed by atoms with van der Waals surface area (Å²) in [7, 11) is 0. The van der Waals surface area contributed by atoms with E-state index in [1.165, 1.54) is 49.8 Å². The molecule has 2 N–H and O–H groups in total. The zero-order valence-corrected chi connectivity index (χ0v) is 14.3. The second-order valence-corrected chi connectivity index (χ2v) is 7.28. The highest BCUT2D eigenvalue weighted by atomic mass is 15.2. The highest BCUT2D eigenvalue weighted by Gasteiger charge is 2.32. The normalized spacial score (nSPS) is 25.8. The smallest absolute Gasteiger partial charge is 0.222 e. The maximum Gasteiger partial charge on any atom is 0.222 e. The van der Waals surface area contributed by atoms with Crippen molar-refractivity contribution in [2.45, 2.75) is 25.3 Å². The molecular weight excluding hydrogens is 310 g/mol. The SMILES string of the molecule is c1cc(-c2cnc(N[C@H]3CCN4CCC[C@@H]3C4)nc2)c2cc[nH]c2c1. The quantitative estimate of drug-likeness (QED) is 0.770. The minimum atomic E-state index is 0.510. The summed E-state index contributed by atoms with van der Waals surface area (Å²) in [4.78, 5) is 15.0. The molecule has 2 bridgehead atoms. The number of hydrogen-bond donors (Lipinski definition) is 2. The molecule has 1 aromatic carbocycles. The van der Waals surface area contributed by atoms with Crippen molar-refractivity contribution in [1.29, 1.82) is 0 Å². The van der Waals surface area contributed by atoms with Crippen molar-refractivity contribution in [2.24, 2.45) is 5.92 Å². The van der Waals surface area contributed by atoms with Crippen LogP contribution in [0, 0.1) is 5.92 Å². The van der Waals surface area contributed by atoms with Crippen molar-refractivity contribution in [3.8, 4) is 11.1 Å². The Labute approximate surface area is 147 Å². The molecule has 2 aliphatic rings. The van der Waals surface area contributed by atoms with Gasteiger partial charge in [0.15, 0.2) is 0 Å². The van der Waals surface area contributed by atoms with Crippen LogP contribution in [0.25, 0.3) is 22.0 Å². The zero-order valence-electron chi connectivity index (χ0n) is 14.3. The van der Waals surface area contributed by atoms with E-state index in [0.717, 1.165) is 22.9 Å². The number of hydrogen-bond acceptors (Lipinski definition) is 4. The molecular formula is C20H23N5. The number of rotatable bonds is 3. The Morgan fingerprint density at radius 3 is 2.92 bits per heavy atom. The molecule has 0 spiro atoms. The number of H-pyrrole nitrogens is 1. The number of nitrogens with one attached hydrogen (secondary N) is 2. The van der Waals surface area contributed by atoms with Crippen molar-refractivity contribution < 1.29 is 0 Å². The lowest BCUT2D eigenvalue weighted by atomic mass is 9.85. The van der Waals surface area contributed by atoms with Gasteiger partial charge in [-0.25, -0.2) is 9.97 Å². The van der Waals surface area contributed by atoms with Crippen molar-refractivity contribution in [3.63, 3.8) is 0 Å². The minimum absolute atomic E-state index is 0.510. The van der Waals surface area contributed by atoms with Gasteiger partial charge in [0.25, 0.3) is 0 Å². The fourth-order valence-electron chi connectivity index (χ4n) is 4.41. The molecule has 5 heteroatoms. The Balaban J connectivity index is 1.36. The summed E-state index contributed by atoms with van der Waals surface area (Å²) >= 11 is 0. The summed E-state index contributed by atoms with van der Waals surface area (Å²) in [6, 6.07) is 8.90. The first-order chi connectivity index (χ1) is 12.4. The zero-order chi connectivity index (χ0) is 16.6. The number of piperidine rings is 2. The van der Waals surface area contributed by atoms with Crippen LogP contribution < -0.4 is 5.32 Å². The Kier molecular flexibility index (Phi) is 3.67. The van der Waals surface area contributed by atoms with Crippen LogP contribution in [0.1, 0.15) is 19.3 Å². The summed E-state index contributed by atoms with van der Waals surface area (Å²) in [5, 5.41) is 4.80. The van der Waals surface area contributed by atoms with Gasteiger partial charge in [0, 0.05) is 54.2 Å². The van der Waals surface area contributed by atoms with Gasteiger partial charge in [0.05, 0.1) is 0 Å². The Morgan fingerprint density at radius 2 is 2.00 bits per heavy atom. The van der Waals surface area contributed by atoms with Crippen molar-refractivity contribution >= 4 is 16.9 Å². The average Bonchev–Trinajstić information content (AvgIpc) is 3.14. The Morgan fingerprint density at radius 1 is 1.08 bits per heavy atom. The monoisotopic (exact) mass is 333 g/mol. The first-order valence-corrected chi connectivity index (χ1v) is 9.24. The standard InChI is InChI=1S/C20H23N5/c1-4-16(17-6-8-21-19(17)5-1)15-11-22-20(23-12-15)24-18-7-10-25-9-2-3-14(18)13-25/h1,4-6,8,11-12,14,18,21H,2-3,7,9-10,13H2,(H,22,23,24)/t14-,18+/m1/s1. The van der Waals surface area contributed by atoms with Crippen LogP contribution in [-0.4, -0.2) is 45.5 Å². The third-order valence-electron chi connectivity index (χ3n) is 5.74. The van der Waals surface area contributed by atoms with Crippen LogP contribution in [-0.2, 0) is 0 Å². The molecule has 3 aromatic rings. The third-order valence-corrected chi connectivity index (χ3v) is 5.74. The lowest BCUT2D eigenvalue weighted by Crippen LogP contribution is -2.49. The molecule has 5 rings (SSSR count). The fraction of sp³-hybridized carbons (Fsp3) is 0.400. The van der Waals surface area contributed by atoms with Crippen molar-refractivity contribution in [2.75, 3.05) is 25.0 Å². The summed E-state index contributed by atoms with van der Waals surface area (Å²) < 4.78 is 0. The third kappa shape index (κ3) is 2.78. The first-order valence-electron chi connectivity index (χ1n) is 9.24. The Bertz CT molecular complexity index is 869. The summed E-state index contributed by atoms with van der Waals surface area (Å²) in [5.74, 6) is 1.49. The van der Waals surface area contributed by atoms with Gasteiger partial charge in [0.2, 0.25) is 5.95 Å². The predicted molar refractivity (Wildman–Crippen MR) is 101 cm³/mol. The Hall–Kier alpha value is -2.40. The van der Waals surface area contributed by atoms with Crippen LogP contribution in [0.2, 0.25) is 0 Å². The van der Waals surface area contributed by atoms with Crippen molar-refractivity contribution in [1.82, 2.24) is 19.9 Å². The van der Waals surface area contributed by atoms with Gasteiger partial charge in [-0.3, -0.25) is 0 Å². The second kappa shape index (κ2) is 6.15. The molecule has 2 saturated heterocycles. The molecule has 3 atom stereocenters. The van der Waals surface area contributed by atoms with Gasteiger partial charge >= 0.3 is 0 Å². The summed E-state index contributed by atoms with van der Waals surface area (Å²) in [6.07, 6.45) is 9.69. The maximum absolute atomic E-state index is 4.60. The molecule has 25 heavy (non-hydrogen) atoms.